The molecule has 4 rings (SSSR count). The van der Waals surface area contributed by atoms with Gasteiger partial charge in [-0.2, -0.15) is 0 Å². The Balaban J connectivity index is 1.34. The molecule has 4 nitrogen and oxygen atoms in total. The maximum Gasteiger partial charge on any atom is 0.141 e. The normalized spacial score (nSPS) is 32.5. The van der Waals surface area contributed by atoms with Crippen LogP contribution in [0.3, 0.4) is 0 Å². The molecule has 3 aliphatic rings. The highest BCUT2D eigenvalue weighted by Crippen LogP contribution is 2.42. The number of pyridine rings is 1. The number of hydrogen-bond donors (Lipinski definition) is 0. The average molecular weight is 337 g/mol. The molecular formula is C17H24FN3OS. The van der Waals surface area contributed by atoms with Gasteiger partial charge in [-0.05, 0) is 44.4 Å². The van der Waals surface area contributed by atoms with E-state index in [2.05, 4.69) is 14.8 Å². The van der Waals surface area contributed by atoms with Gasteiger partial charge in [-0.3, -0.25) is 4.90 Å². The van der Waals surface area contributed by atoms with Crippen molar-refractivity contribution in [3.05, 3.63) is 23.6 Å². The Hall–Kier alpha value is -0.850. The zero-order valence-electron chi connectivity index (χ0n) is 13.6. The Morgan fingerprint density at radius 1 is 1.30 bits per heavy atom. The van der Waals surface area contributed by atoms with Crippen molar-refractivity contribution in [1.29, 1.82) is 0 Å². The average Bonchev–Trinajstić information content (AvgIpc) is 2.92. The second kappa shape index (κ2) is 5.90. The van der Waals surface area contributed by atoms with E-state index in [1.165, 1.54) is 12.6 Å². The highest BCUT2D eigenvalue weighted by atomic mass is 32.2. The first kappa shape index (κ1) is 15.7. The van der Waals surface area contributed by atoms with Crippen LogP contribution in [0.2, 0.25) is 0 Å². The Kier molecular flexibility index (Phi) is 4.02. The first-order valence-corrected chi connectivity index (χ1v) is 10.00. The summed E-state index contributed by atoms with van der Waals surface area (Å²) in [5.41, 5.74) is 1.29. The van der Waals surface area contributed by atoms with Gasteiger partial charge in [0.15, 0.2) is 0 Å². The van der Waals surface area contributed by atoms with E-state index >= 15 is 0 Å². The van der Waals surface area contributed by atoms with Gasteiger partial charge >= 0.3 is 0 Å². The van der Waals surface area contributed by atoms with Crippen LogP contribution < -0.4 is 4.90 Å². The van der Waals surface area contributed by atoms with Gasteiger partial charge in [0.05, 0.1) is 11.6 Å². The minimum absolute atomic E-state index is 0.263. The van der Waals surface area contributed by atoms with Crippen molar-refractivity contribution in [2.45, 2.75) is 32.2 Å². The van der Waals surface area contributed by atoms with Crippen LogP contribution >= 0.6 is 0 Å². The van der Waals surface area contributed by atoms with Crippen LogP contribution in [0.15, 0.2) is 12.3 Å². The summed E-state index contributed by atoms with van der Waals surface area (Å²) in [5, 5.41) is 0. The van der Waals surface area contributed by atoms with E-state index in [4.69, 9.17) is 0 Å². The predicted molar refractivity (Wildman–Crippen MR) is 90.7 cm³/mol. The molecule has 0 aromatic carbocycles. The molecule has 23 heavy (non-hydrogen) atoms. The molecule has 1 spiro atoms. The third-order valence-corrected chi connectivity index (χ3v) is 7.57. The Labute approximate surface area is 140 Å². The maximum atomic E-state index is 13.2. The van der Waals surface area contributed by atoms with E-state index < -0.39 is 11.2 Å². The predicted octanol–water partition coefficient (Wildman–Crippen LogP) is 1.95. The molecule has 0 aliphatic carbocycles. The molecular weight excluding hydrogens is 313 g/mol. The number of aromatic nitrogens is 1. The van der Waals surface area contributed by atoms with Crippen molar-refractivity contribution in [3.8, 4) is 0 Å². The summed E-state index contributed by atoms with van der Waals surface area (Å²) < 4.78 is 24.7. The number of piperidine rings is 1. The monoisotopic (exact) mass is 337 g/mol. The van der Waals surface area contributed by atoms with E-state index in [-0.39, 0.29) is 5.82 Å². The third kappa shape index (κ3) is 2.96. The fraction of sp³-hybridized carbons (Fsp3) is 0.706. The Bertz CT molecular complexity index is 585. The highest BCUT2D eigenvalue weighted by Gasteiger charge is 2.53. The van der Waals surface area contributed by atoms with Gasteiger partial charge in [0.1, 0.15) is 23.1 Å². The number of halogens is 1. The number of nitrogens with zero attached hydrogens (tertiary/aromatic N) is 3. The van der Waals surface area contributed by atoms with E-state index in [0.29, 0.717) is 11.5 Å². The van der Waals surface area contributed by atoms with Crippen molar-refractivity contribution >= 4 is 17.0 Å². The third-order valence-electron chi connectivity index (χ3n) is 5.70. The van der Waals surface area contributed by atoms with E-state index in [9.17, 15) is 8.94 Å². The molecule has 1 aromatic rings. The van der Waals surface area contributed by atoms with Crippen LogP contribution in [-0.2, 0) is 11.2 Å². The van der Waals surface area contributed by atoms with Gasteiger partial charge in [0.25, 0.3) is 0 Å². The standard InChI is InChI=1S/C17H24FN3OS/c1-13-8-14(18)9-19-16(13)20-5-2-15(3-6-20)21-7-4-17(10-21)11-23(22)12-17/h8-9,15H,2-7,10-12H2,1H3. The molecule has 0 radical (unpaired) electrons. The van der Waals surface area contributed by atoms with Crippen molar-refractivity contribution in [2.75, 3.05) is 42.6 Å². The molecule has 1 aromatic heterocycles. The van der Waals surface area contributed by atoms with Gasteiger partial charge in [0.2, 0.25) is 0 Å². The second-order valence-electron chi connectivity index (χ2n) is 7.46. The zero-order valence-corrected chi connectivity index (χ0v) is 14.4. The molecule has 0 amide bonds. The molecule has 0 atom stereocenters. The van der Waals surface area contributed by atoms with Crippen LogP contribution in [0.25, 0.3) is 0 Å². The maximum absolute atomic E-state index is 13.2. The topological polar surface area (TPSA) is 42.4 Å². The summed E-state index contributed by atoms with van der Waals surface area (Å²) in [4.78, 5) is 9.19. The van der Waals surface area contributed by atoms with Crippen molar-refractivity contribution in [2.24, 2.45) is 5.41 Å². The molecule has 3 saturated heterocycles. The summed E-state index contributed by atoms with van der Waals surface area (Å²) in [6, 6.07) is 2.20. The lowest BCUT2D eigenvalue weighted by atomic mass is 9.91. The van der Waals surface area contributed by atoms with Crippen molar-refractivity contribution in [1.82, 2.24) is 9.88 Å². The van der Waals surface area contributed by atoms with Crippen LogP contribution in [0.5, 0.6) is 0 Å². The van der Waals surface area contributed by atoms with Crippen LogP contribution in [0, 0.1) is 18.2 Å². The first-order chi connectivity index (χ1) is 11.0. The van der Waals surface area contributed by atoms with Crippen molar-refractivity contribution in [3.63, 3.8) is 0 Å². The largest absolute Gasteiger partial charge is 0.616 e. The second-order valence-corrected chi connectivity index (χ2v) is 8.92. The minimum Gasteiger partial charge on any atom is -0.616 e. The molecule has 126 valence electrons. The molecule has 0 bridgehead atoms. The number of rotatable bonds is 2. The summed E-state index contributed by atoms with van der Waals surface area (Å²) in [6.07, 6.45) is 4.81. The van der Waals surface area contributed by atoms with Crippen LogP contribution in [0.4, 0.5) is 10.2 Å². The zero-order chi connectivity index (χ0) is 16.0. The van der Waals surface area contributed by atoms with Crippen molar-refractivity contribution < 1.29 is 8.94 Å². The first-order valence-electron chi connectivity index (χ1n) is 8.51. The number of anilines is 1. The smallest absolute Gasteiger partial charge is 0.141 e. The minimum atomic E-state index is -0.550. The Morgan fingerprint density at radius 2 is 2.04 bits per heavy atom. The van der Waals surface area contributed by atoms with E-state index in [0.717, 1.165) is 61.9 Å². The molecule has 6 heteroatoms. The van der Waals surface area contributed by atoms with Gasteiger partial charge in [-0.15, -0.1) is 0 Å². The fourth-order valence-corrected chi connectivity index (χ4v) is 6.22. The summed E-state index contributed by atoms with van der Waals surface area (Å²) in [7, 11) is 0. The number of aryl methyl sites for hydroxylation is 1. The Morgan fingerprint density at radius 3 is 2.70 bits per heavy atom. The van der Waals surface area contributed by atoms with Gasteiger partial charge in [0, 0.05) is 25.7 Å². The van der Waals surface area contributed by atoms with E-state index in [1.54, 1.807) is 6.07 Å². The molecule has 0 N–H and O–H groups in total. The lowest BCUT2D eigenvalue weighted by molar-refractivity contribution is 0.185. The van der Waals surface area contributed by atoms with Crippen LogP contribution in [0.1, 0.15) is 24.8 Å². The lowest BCUT2D eigenvalue weighted by Gasteiger charge is -2.41. The van der Waals surface area contributed by atoms with Crippen LogP contribution in [-0.4, -0.2) is 58.2 Å². The van der Waals surface area contributed by atoms with Gasteiger partial charge < -0.3 is 9.45 Å². The fourth-order valence-electron chi connectivity index (χ4n) is 4.46. The molecule has 3 fully saturated rings. The van der Waals surface area contributed by atoms with Gasteiger partial charge in [-0.25, -0.2) is 9.37 Å². The molecule has 0 unspecified atom stereocenters. The SMILES string of the molecule is Cc1cc(F)cnc1N1CCC(N2CCC3(C2)C[S+]([O-])C3)CC1. The lowest BCUT2D eigenvalue weighted by Crippen LogP contribution is -2.52. The number of likely N-dealkylation sites (tertiary alicyclic amines) is 1. The van der Waals surface area contributed by atoms with Gasteiger partial charge in [-0.1, -0.05) is 11.2 Å². The van der Waals surface area contributed by atoms with E-state index in [1.807, 2.05) is 6.92 Å². The summed E-state index contributed by atoms with van der Waals surface area (Å²) in [5.74, 6) is 2.50. The quantitative estimate of drug-likeness (QED) is 0.774. The highest BCUT2D eigenvalue weighted by molar-refractivity contribution is 7.92. The number of hydrogen-bond acceptors (Lipinski definition) is 4. The molecule has 0 saturated carbocycles. The molecule has 3 aliphatic heterocycles. The summed E-state index contributed by atoms with van der Waals surface area (Å²) >= 11 is -0.550. The summed E-state index contributed by atoms with van der Waals surface area (Å²) in [6.45, 7) is 6.20. The molecule has 4 heterocycles.